The third-order valence-corrected chi connectivity index (χ3v) is 1.92. The minimum Gasteiger partial charge on any atom is -0.370 e. The van der Waals surface area contributed by atoms with E-state index in [0.717, 1.165) is 6.42 Å². The second-order valence-electron chi connectivity index (χ2n) is 3.49. The highest BCUT2D eigenvalue weighted by Crippen LogP contribution is 2.09. The fourth-order valence-electron chi connectivity index (χ4n) is 1.15. The highest BCUT2D eigenvalue weighted by molar-refractivity contribution is 5.78. The van der Waals surface area contributed by atoms with E-state index in [-0.39, 0.29) is 17.7 Å². The van der Waals surface area contributed by atoms with Gasteiger partial charge in [0.05, 0.1) is 0 Å². The molecule has 0 aliphatic heterocycles. The molecule has 0 aliphatic carbocycles. The number of primary amides is 1. The molecule has 0 saturated heterocycles. The molecule has 4 heteroatoms. The highest BCUT2D eigenvalue weighted by Gasteiger charge is 2.14. The quantitative estimate of drug-likeness (QED) is 0.674. The van der Waals surface area contributed by atoms with Crippen LogP contribution in [-0.4, -0.2) is 30.8 Å². The molecule has 0 rings (SSSR count). The van der Waals surface area contributed by atoms with Crippen LogP contribution in [0.1, 0.15) is 26.2 Å². The minimum atomic E-state index is -0.301. The van der Waals surface area contributed by atoms with Crippen molar-refractivity contribution in [2.75, 3.05) is 14.1 Å². The molecule has 0 radical (unpaired) electrons. The molecule has 2 N–H and O–H groups in total. The van der Waals surface area contributed by atoms with Gasteiger partial charge in [-0.1, -0.05) is 6.92 Å². The minimum absolute atomic E-state index is 0.0191. The van der Waals surface area contributed by atoms with Crippen LogP contribution in [0.3, 0.4) is 0 Å². The first-order chi connectivity index (χ1) is 5.95. The van der Waals surface area contributed by atoms with Crippen LogP contribution in [0.4, 0.5) is 0 Å². The molecule has 0 bridgehead atoms. The SMILES string of the molecule is CC(CCCC(N)=O)C(=O)N(C)C. The zero-order chi connectivity index (χ0) is 10.4. The van der Waals surface area contributed by atoms with Crippen LogP contribution in [0.15, 0.2) is 0 Å². The predicted octanol–water partition coefficient (Wildman–Crippen LogP) is 0.366. The predicted molar refractivity (Wildman–Crippen MR) is 50.9 cm³/mol. The van der Waals surface area contributed by atoms with E-state index in [9.17, 15) is 9.59 Å². The monoisotopic (exact) mass is 186 g/mol. The number of hydrogen-bond donors (Lipinski definition) is 1. The maximum absolute atomic E-state index is 11.3. The number of hydrogen-bond acceptors (Lipinski definition) is 2. The van der Waals surface area contributed by atoms with Crippen LogP contribution in [-0.2, 0) is 9.59 Å². The molecule has 0 saturated carbocycles. The molecule has 0 spiro atoms. The first-order valence-electron chi connectivity index (χ1n) is 4.44. The van der Waals surface area contributed by atoms with Gasteiger partial charge in [0.25, 0.3) is 0 Å². The fraction of sp³-hybridized carbons (Fsp3) is 0.778. The number of nitrogens with zero attached hydrogens (tertiary/aromatic N) is 1. The Hall–Kier alpha value is -1.06. The van der Waals surface area contributed by atoms with Crippen molar-refractivity contribution in [1.82, 2.24) is 4.90 Å². The summed E-state index contributed by atoms with van der Waals surface area (Å²) in [6.45, 7) is 1.86. The van der Waals surface area contributed by atoms with Crippen molar-refractivity contribution in [2.45, 2.75) is 26.2 Å². The second kappa shape index (κ2) is 5.56. The molecule has 0 aromatic carbocycles. The number of amides is 2. The summed E-state index contributed by atoms with van der Waals surface area (Å²) in [5, 5.41) is 0. The van der Waals surface area contributed by atoms with E-state index in [4.69, 9.17) is 5.73 Å². The molecule has 76 valence electrons. The first kappa shape index (κ1) is 11.9. The first-order valence-corrected chi connectivity index (χ1v) is 4.44. The van der Waals surface area contributed by atoms with E-state index in [0.29, 0.717) is 12.8 Å². The Balaban J connectivity index is 3.68. The molecule has 1 atom stereocenters. The highest BCUT2D eigenvalue weighted by atomic mass is 16.2. The third kappa shape index (κ3) is 5.22. The summed E-state index contributed by atoms with van der Waals surface area (Å²) in [6, 6.07) is 0. The molecule has 13 heavy (non-hydrogen) atoms. The van der Waals surface area contributed by atoms with E-state index in [1.165, 1.54) is 0 Å². The van der Waals surface area contributed by atoms with E-state index >= 15 is 0 Å². The summed E-state index contributed by atoms with van der Waals surface area (Å²) in [7, 11) is 3.46. The summed E-state index contributed by atoms with van der Waals surface area (Å²) in [5.41, 5.74) is 4.98. The van der Waals surface area contributed by atoms with E-state index < -0.39 is 0 Å². The lowest BCUT2D eigenvalue weighted by Crippen LogP contribution is -2.28. The summed E-state index contributed by atoms with van der Waals surface area (Å²) < 4.78 is 0. The Labute approximate surface area is 79.1 Å². The Morgan fingerprint density at radius 1 is 1.38 bits per heavy atom. The Bertz CT molecular complexity index is 190. The zero-order valence-electron chi connectivity index (χ0n) is 8.54. The average molecular weight is 186 g/mol. The van der Waals surface area contributed by atoms with Gasteiger partial charge < -0.3 is 10.6 Å². The maximum Gasteiger partial charge on any atom is 0.224 e. The summed E-state index contributed by atoms with van der Waals surface area (Å²) in [5.74, 6) is -0.219. The Morgan fingerprint density at radius 3 is 2.31 bits per heavy atom. The van der Waals surface area contributed by atoms with Gasteiger partial charge in [-0.2, -0.15) is 0 Å². The van der Waals surface area contributed by atoms with Gasteiger partial charge in [-0.05, 0) is 12.8 Å². The number of carbonyl (C=O) groups excluding carboxylic acids is 2. The van der Waals surface area contributed by atoms with Crippen molar-refractivity contribution in [3.05, 3.63) is 0 Å². The molecule has 1 unspecified atom stereocenters. The van der Waals surface area contributed by atoms with Gasteiger partial charge in [0.15, 0.2) is 0 Å². The van der Waals surface area contributed by atoms with Crippen molar-refractivity contribution < 1.29 is 9.59 Å². The molecule has 0 aromatic heterocycles. The fourth-order valence-corrected chi connectivity index (χ4v) is 1.15. The van der Waals surface area contributed by atoms with Crippen LogP contribution >= 0.6 is 0 Å². The number of nitrogens with two attached hydrogens (primary N) is 1. The van der Waals surface area contributed by atoms with Gasteiger partial charge in [-0.15, -0.1) is 0 Å². The summed E-state index contributed by atoms with van der Waals surface area (Å²) >= 11 is 0. The van der Waals surface area contributed by atoms with Gasteiger partial charge in [-0.3, -0.25) is 9.59 Å². The van der Waals surface area contributed by atoms with Crippen LogP contribution in [0, 0.1) is 5.92 Å². The van der Waals surface area contributed by atoms with Crippen molar-refractivity contribution in [3.63, 3.8) is 0 Å². The molecule has 4 nitrogen and oxygen atoms in total. The Kier molecular flexibility index (Phi) is 5.11. The smallest absolute Gasteiger partial charge is 0.224 e. The standard InChI is InChI=1S/C9H18N2O2/c1-7(9(13)11(2)3)5-4-6-8(10)12/h7H,4-6H2,1-3H3,(H2,10,12). The van der Waals surface area contributed by atoms with Crippen molar-refractivity contribution >= 4 is 11.8 Å². The summed E-state index contributed by atoms with van der Waals surface area (Å²) in [6.07, 6.45) is 1.78. The molecule has 0 fully saturated rings. The maximum atomic E-state index is 11.3. The van der Waals surface area contributed by atoms with E-state index in [1.54, 1.807) is 19.0 Å². The van der Waals surface area contributed by atoms with E-state index in [1.807, 2.05) is 6.92 Å². The molecule has 0 aliphatic rings. The summed E-state index contributed by atoms with van der Waals surface area (Å²) in [4.78, 5) is 23.3. The normalized spacial score (nSPS) is 12.2. The van der Waals surface area contributed by atoms with Crippen molar-refractivity contribution in [2.24, 2.45) is 11.7 Å². The average Bonchev–Trinajstić information content (AvgIpc) is 2.02. The molecular formula is C9H18N2O2. The topological polar surface area (TPSA) is 63.4 Å². The van der Waals surface area contributed by atoms with Crippen molar-refractivity contribution in [1.29, 1.82) is 0 Å². The van der Waals surface area contributed by atoms with Crippen LogP contribution in [0.2, 0.25) is 0 Å². The van der Waals surface area contributed by atoms with Crippen molar-refractivity contribution in [3.8, 4) is 0 Å². The lowest BCUT2D eigenvalue weighted by Gasteiger charge is -2.15. The molecule has 0 aromatic rings. The molecule has 0 heterocycles. The third-order valence-electron chi connectivity index (χ3n) is 1.92. The van der Waals surface area contributed by atoms with Crippen LogP contribution < -0.4 is 5.73 Å². The number of rotatable bonds is 5. The van der Waals surface area contributed by atoms with Crippen LogP contribution in [0.5, 0.6) is 0 Å². The molecule has 2 amide bonds. The zero-order valence-corrected chi connectivity index (χ0v) is 8.54. The molecular weight excluding hydrogens is 168 g/mol. The van der Waals surface area contributed by atoms with Gasteiger partial charge in [-0.25, -0.2) is 0 Å². The van der Waals surface area contributed by atoms with Gasteiger partial charge in [0, 0.05) is 26.4 Å². The van der Waals surface area contributed by atoms with Gasteiger partial charge in [0.2, 0.25) is 11.8 Å². The van der Waals surface area contributed by atoms with Crippen LogP contribution in [0.25, 0.3) is 0 Å². The van der Waals surface area contributed by atoms with Gasteiger partial charge >= 0.3 is 0 Å². The lowest BCUT2D eigenvalue weighted by atomic mass is 10.0. The second-order valence-corrected chi connectivity index (χ2v) is 3.49. The van der Waals surface area contributed by atoms with E-state index in [2.05, 4.69) is 0 Å². The lowest BCUT2D eigenvalue weighted by molar-refractivity contribution is -0.132. The van der Waals surface area contributed by atoms with Gasteiger partial charge in [0.1, 0.15) is 0 Å². The Morgan fingerprint density at radius 2 is 1.92 bits per heavy atom. The number of carbonyl (C=O) groups is 2. The largest absolute Gasteiger partial charge is 0.370 e.